The van der Waals surface area contributed by atoms with E-state index in [9.17, 15) is 9.59 Å². The topological polar surface area (TPSA) is 52.6 Å². The highest BCUT2D eigenvalue weighted by Gasteiger charge is 2.66. The first-order chi connectivity index (χ1) is 14.8. The molecule has 0 spiro atoms. The molecule has 5 fully saturated rings. The van der Waals surface area contributed by atoms with Gasteiger partial charge in [-0.05, 0) is 112 Å². The summed E-state index contributed by atoms with van der Waals surface area (Å²) in [5, 5.41) is 0. The van der Waals surface area contributed by atoms with E-state index in [0.29, 0.717) is 11.3 Å². The lowest BCUT2D eigenvalue weighted by Crippen LogP contribution is -2.55. The van der Waals surface area contributed by atoms with Crippen molar-refractivity contribution in [3.8, 4) is 0 Å². The average Bonchev–Trinajstić information content (AvgIpc) is 3.21. The lowest BCUT2D eigenvalue weighted by molar-refractivity contribution is -0.165. The molecule has 0 aliphatic heterocycles. The van der Waals surface area contributed by atoms with Gasteiger partial charge in [-0.25, -0.2) is 0 Å². The van der Waals surface area contributed by atoms with Crippen molar-refractivity contribution in [2.24, 2.45) is 46.3 Å². The van der Waals surface area contributed by atoms with Crippen LogP contribution in [0.1, 0.15) is 85.0 Å². The SMILES string of the molecule is CC(=O)O[C@H]1CC[C@]23CCC(C[C@@H]4[C@@H]2CC[C@]2(C)[C@@H]([C@H](C)OC(=O)CCl)CC[C@@H]42)C3C1. The Kier molecular flexibility index (Phi) is 5.63. The van der Waals surface area contributed by atoms with Crippen molar-refractivity contribution in [1.82, 2.24) is 0 Å². The zero-order valence-electron chi connectivity index (χ0n) is 19.4. The van der Waals surface area contributed by atoms with Crippen LogP contribution < -0.4 is 0 Å². The molecule has 174 valence electrons. The minimum absolute atomic E-state index is 0.0387. The van der Waals surface area contributed by atoms with Gasteiger partial charge in [-0.3, -0.25) is 9.59 Å². The zero-order chi connectivity index (χ0) is 22.0. The molecule has 5 heteroatoms. The molecule has 0 saturated heterocycles. The zero-order valence-corrected chi connectivity index (χ0v) is 20.2. The summed E-state index contributed by atoms with van der Waals surface area (Å²) in [7, 11) is 0. The van der Waals surface area contributed by atoms with Crippen molar-refractivity contribution in [2.45, 2.75) is 97.2 Å². The third-order valence-electron chi connectivity index (χ3n) is 10.9. The van der Waals surface area contributed by atoms with Gasteiger partial charge in [0.05, 0.1) is 0 Å². The third-order valence-corrected chi connectivity index (χ3v) is 11.1. The van der Waals surface area contributed by atoms with Crippen LogP contribution in [0.25, 0.3) is 0 Å². The van der Waals surface area contributed by atoms with Gasteiger partial charge < -0.3 is 9.47 Å². The van der Waals surface area contributed by atoms with Crippen molar-refractivity contribution >= 4 is 23.5 Å². The highest BCUT2D eigenvalue weighted by atomic mass is 35.5. The molecule has 4 nitrogen and oxygen atoms in total. The number of halogens is 1. The molecule has 0 aromatic heterocycles. The first-order valence-electron chi connectivity index (χ1n) is 12.7. The summed E-state index contributed by atoms with van der Waals surface area (Å²) in [6, 6.07) is 0. The minimum Gasteiger partial charge on any atom is -0.463 e. The minimum atomic E-state index is -0.281. The monoisotopic (exact) mass is 450 g/mol. The smallest absolute Gasteiger partial charge is 0.321 e. The summed E-state index contributed by atoms with van der Waals surface area (Å²) >= 11 is 5.71. The van der Waals surface area contributed by atoms with Crippen LogP contribution in [0.3, 0.4) is 0 Å². The molecule has 31 heavy (non-hydrogen) atoms. The molecular formula is C26H39ClO4. The molecule has 5 aliphatic rings. The fraction of sp³-hybridized carbons (Fsp3) is 0.923. The molecule has 0 aromatic rings. The highest BCUT2D eigenvalue weighted by molar-refractivity contribution is 6.26. The van der Waals surface area contributed by atoms with Crippen LogP contribution in [-0.2, 0) is 19.1 Å². The summed E-state index contributed by atoms with van der Waals surface area (Å²) in [5.41, 5.74) is 0.783. The molecule has 2 unspecified atom stereocenters. The molecule has 0 N–H and O–H groups in total. The Morgan fingerprint density at radius 2 is 1.77 bits per heavy atom. The van der Waals surface area contributed by atoms with Gasteiger partial charge in [0, 0.05) is 12.8 Å². The van der Waals surface area contributed by atoms with Gasteiger partial charge in [-0.1, -0.05) is 6.92 Å². The second kappa shape index (κ2) is 7.92. The van der Waals surface area contributed by atoms with E-state index in [1.165, 1.54) is 51.4 Å². The Labute approximate surface area is 192 Å². The van der Waals surface area contributed by atoms with Gasteiger partial charge >= 0.3 is 11.9 Å². The van der Waals surface area contributed by atoms with E-state index in [-0.39, 0.29) is 35.4 Å². The maximum absolute atomic E-state index is 11.8. The van der Waals surface area contributed by atoms with Gasteiger partial charge in [-0.15, -0.1) is 11.6 Å². The average molecular weight is 451 g/mol. The molecular weight excluding hydrogens is 412 g/mol. The Balaban J connectivity index is 1.35. The van der Waals surface area contributed by atoms with E-state index in [4.69, 9.17) is 21.1 Å². The van der Waals surface area contributed by atoms with E-state index in [2.05, 4.69) is 13.8 Å². The largest absolute Gasteiger partial charge is 0.463 e. The molecule has 10 atom stereocenters. The first-order valence-corrected chi connectivity index (χ1v) is 13.2. The predicted octanol–water partition coefficient (Wildman–Crippen LogP) is 5.75. The Hall–Kier alpha value is -0.770. The summed E-state index contributed by atoms with van der Waals surface area (Å²) < 4.78 is 11.4. The van der Waals surface area contributed by atoms with E-state index < -0.39 is 0 Å². The number of esters is 2. The molecule has 0 amide bonds. The van der Waals surface area contributed by atoms with Gasteiger partial charge in [0.2, 0.25) is 0 Å². The third kappa shape index (κ3) is 3.37. The second-order valence-electron chi connectivity index (χ2n) is 11.8. The lowest BCUT2D eigenvalue weighted by atomic mass is 9.44. The summed E-state index contributed by atoms with van der Waals surface area (Å²) in [4.78, 5) is 23.4. The van der Waals surface area contributed by atoms with Crippen molar-refractivity contribution in [1.29, 1.82) is 0 Å². The Morgan fingerprint density at radius 3 is 2.52 bits per heavy atom. The number of fused-ring (bicyclic) bond motifs is 3. The van der Waals surface area contributed by atoms with Crippen LogP contribution in [0.2, 0.25) is 0 Å². The Morgan fingerprint density at radius 1 is 1.00 bits per heavy atom. The molecule has 5 rings (SSSR count). The molecule has 0 heterocycles. The van der Waals surface area contributed by atoms with Gasteiger partial charge in [0.15, 0.2) is 0 Å². The highest BCUT2D eigenvalue weighted by Crippen LogP contribution is 2.73. The predicted molar refractivity (Wildman–Crippen MR) is 119 cm³/mol. The summed E-state index contributed by atoms with van der Waals surface area (Å²) in [6.07, 6.45) is 12.7. The molecule has 5 saturated carbocycles. The molecule has 0 aromatic carbocycles. The summed E-state index contributed by atoms with van der Waals surface area (Å²) in [5.74, 6) is 4.01. The number of hydrogen-bond donors (Lipinski definition) is 0. The number of rotatable bonds is 4. The molecule has 2 bridgehead atoms. The number of ether oxygens (including phenoxy) is 2. The van der Waals surface area contributed by atoms with Crippen LogP contribution in [-0.4, -0.2) is 30.0 Å². The van der Waals surface area contributed by atoms with Gasteiger partial charge in [0.1, 0.15) is 18.1 Å². The van der Waals surface area contributed by atoms with Crippen LogP contribution in [0, 0.1) is 46.3 Å². The maximum atomic E-state index is 11.8. The van der Waals surface area contributed by atoms with E-state index in [1.54, 1.807) is 6.92 Å². The van der Waals surface area contributed by atoms with Crippen LogP contribution in [0.4, 0.5) is 0 Å². The van der Waals surface area contributed by atoms with Gasteiger partial charge in [-0.2, -0.15) is 0 Å². The molecule has 0 radical (unpaired) electrons. The van der Waals surface area contributed by atoms with Crippen LogP contribution in [0.5, 0.6) is 0 Å². The standard InChI is InChI=1S/C26H39ClO4/c1-15(30-24(29)14-27)20-4-5-21-19-12-17-6-10-26(22(19)8-9-25(20,21)3)11-7-18(13-23(17)26)31-16(2)28/h15,17-23H,4-14H2,1-3H3/t15-,17?,18-,19-,20+,21-,22-,23?,25+,26+/m0/s1. The Bertz CT molecular complexity index is 739. The van der Waals surface area contributed by atoms with Crippen molar-refractivity contribution in [3.63, 3.8) is 0 Å². The second-order valence-corrected chi connectivity index (χ2v) is 12.1. The fourth-order valence-corrected chi connectivity index (χ4v) is 10.0. The van der Waals surface area contributed by atoms with Crippen LogP contribution >= 0.6 is 11.6 Å². The quantitative estimate of drug-likeness (QED) is 0.404. The van der Waals surface area contributed by atoms with Crippen molar-refractivity contribution < 1.29 is 19.1 Å². The fourth-order valence-electron chi connectivity index (χ4n) is 9.96. The number of alkyl halides is 1. The van der Waals surface area contributed by atoms with E-state index in [0.717, 1.165) is 42.4 Å². The normalized spacial score (nSPS) is 48.8. The lowest BCUT2D eigenvalue weighted by Gasteiger charge is -2.61. The number of carbonyl (C=O) groups excluding carboxylic acids is 2. The number of carbonyl (C=O) groups is 2. The first kappa shape index (κ1) is 22.0. The van der Waals surface area contributed by atoms with E-state index in [1.807, 2.05) is 0 Å². The summed E-state index contributed by atoms with van der Waals surface area (Å²) in [6.45, 7) is 6.14. The number of hydrogen-bond acceptors (Lipinski definition) is 4. The van der Waals surface area contributed by atoms with Crippen molar-refractivity contribution in [3.05, 3.63) is 0 Å². The maximum Gasteiger partial charge on any atom is 0.321 e. The van der Waals surface area contributed by atoms with Crippen molar-refractivity contribution in [2.75, 3.05) is 5.88 Å². The molecule has 5 aliphatic carbocycles. The van der Waals surface area contributed by atoms with E-state index >= 15 is 0 Å². The van der Waals surface area contributed by atoms with Crippen LogP contribution in [0.15, 0.2) is 0 Å². The van der Waals surface area contributed by atoms with Gasteiger partial charge in [0.25, 0.3) is 0 Å².